The van der Waals surface area contributed by atoms with Crippen molar-refractivity contribution in [3.63, 3.8) is 0 Å². The van der Waals surface area contributed by atoms with Crippen LogP contribution in [0.1, 0.15) is 5.56 Å². The lowest BCUT2D eigenvalue weighted by Crippen LogP contribution is -2.36. The maximum atomic E-state index is 6.15. The molecule has 0 saturated carbocycles. The van der Waals surface area contributed by atoms with Gasteiger partial charge in [0.1, 0.15) is 28.7 Å². The first-order valence-corrected chi connectivity index (χ1v) is 12.8. The van der Waals surface area contributed by atoms with E-state index in [1.165, 1.54) is 0 Å². The Hall–Kier alpha value is -4.83. The minimum atomic E-state index is 0.279. The van der Waals surface area contributed by atoms with Crippen LogP contribution < -0.4 is 29.2 Å². The van der Waals surface area contributed by atoms with Gasteiger partial charge in [-0.05, 0) is 48.5 Å². The van der Waals surface area contributed by atoms with E-state index in [9.17, 15) is 0 Å². The highest BCUT2D eigenvalue weighted by Crippen LogP contribution is 2.33. The molecule has 3 aromatic carbocycles. The molecule has 0 bridgehead atoms. The van der Waals surface area contributed by atoms with Gasteiger partial charge >= 0.3 is 0 Å². The predicted octanol–water partition coefficient (Wildman–Crippen LogP) is 5.63. The molecule has 1 aliphatic rings. The Labute approximate surface area is 233 Å². The zero-order valence-corrected chi connectivity index (χ0v) is 22.7. The Morgan fingerprint density at radius 2 is 1.52 bits per heavy atom. The van der Waals surface area contributed by atoms with Gasteiger partial charge in [0.05, 0.1) is 40.7 Å². The maximum absolute atomic E-state index is 6.15. The third-order valence-corrected chi connectivity index (χ3v) is 6.22. The van der Waals surface area contributed by atoms with Crippen molar-refractivity contribution in [3.8, 4) is 28.9 Å². The van der Waals surface area contributed by atoms with Crippen LogP contribution in [0.4, 0.5) is 23.0 Å². The Morgan fingerprint density at radius 1 is 0.850 bits per heavy atom. The molecule has 10 heteroatoms. The highest BCUT2D eigenvalue weighted by Gasteiger charge is 2.13. The number of nitrogens with zero attached hydrogens (tertiary/aromatic N) is 4. The summed E-state index contributed by atoms with van der Waals surface area (Å²) in [6.45, 7) is 3.24. The number of aromatic nitrogens is 2. The van der Waals surface area contributed by atoms with Gasteiger partial charge in [0, 0.05) is 48.4 Å². The van der Waals surface area contributed by atoms with Crippen molar-refractivity contribution in [3.05, 3.63) is 78.5 Å². The molecule has 5 rings (SSSR count). The molecule has 0 atom stereocenters. The molecule has 0 unspecified atom stereocenters. The molecule has 0 aliphatic carbocycles. The summed E-state index contributed by atoms with van der Waals surface area (Å²) < 4.78 is 27.7. The number of benzene rings is 3. The highest BCUT2D eigenvalue weighted by molar-refractivity contribution is 5.84. The van der Waals surface area contributed by atoms with E-state index >= 15 is 0 Å². The molecular weight excluding hydrogens is 510 g/mol. The smallest absolute Gasteiger partial charge is 0.250 e. The third-order valence-electron chi connectivity index (χ3n) is 6.22. The van der Waals surface area contributed by atoms with Crippen LogP contribution in [-0.4, -0.2) is 63.8 Å². The Morgan fingerprint density at radius 3 is 2.23 bits per heavy atom. The van der Waals surface area contributed by atoms with Crippen molar-refractivity contribution < 1.29 is 23.7 Å². The average molecular weight is 542 g/mol. The van der Waals surface area contributed by atoms with E-state index in [1.807, 2.05) is 42.5 Å². The SMILES string of the molecule is COc1cc(C=Nc2cnc(Nc3ccc(N4CCOCC4)cc3)nc2Oc2cccc(OC)c2)cc(OC)c1. The van der Waals surface area contributed by atoms with Gasteiger partial charge in [-0.15, -0.1) is 0 Å². The fraction of sp³-hybridized carbons (Fsp3) is 0.233. The van der Waals surface area contributed by atoms with Gasteiger partial charge in [0.15, 0.2) is 0 Å². The number of hydrogen-bond acceptors (Lipinski definition) is 10. The van der Waals surface area contributed by atoms with Crippen molar-refractivity contribution in [1.29, 1.82) is 0 Å². The first kappa shape index (κ1) is 26.8. The van der Waals surface area contributed by atoms with Crippen molar-refractivity contribution in [2.75, 3.05) is 57.8 Å². The number of ether oxygens (including phenoxy) is 5. The summed E-state index contributed by atoms with van der Waals surface area (Å²) in [6, 6.07) is 20.9. The molecular formula is C30H31N5O5. The molecule has 1 aliphatic heterocycles. The molecule has 1 fully saturated rings. The van der Waals surface area contributed by atoms with Crippen LogP contribution in [0.15, 0.2) is 77.9 Å². The minimum absolute atomic E-state index is 0.279. The normalized spacial score (nSPS) is 13.2. The van der Waals surface area contributed by atoms with Crippen molar-refractivity contribution in [2.45, 2.75) is 0 Å². The quantitative estimate of drug-likeness (QED) is 0.256. The first-order valence-electron chi connectivity index (χ1n) is 12.8. The topological polar surface area (TPSA) is 99.6 Å². The lowest BCUT2D eigenvalue weighted by molar-refractivity contribution is 0.122. The van der Waals surface area contributed by atoms with Crippen LogP contribution >= 0.6 is 0 Å². The predicted molar refractivity (Wildman–Crippen MR) is 155 cm³/mol. The molecule has 1 aromatic heterocycles. The van der Waals surface area contributed by atoms with Gasteiger partial charge in [-0.2, -0.15) is 4.98 Å². The maximum Gasteiger partial charge on any atom is 0.250 e. The molecule has 10 nitrogen and oxygen atoms in total. The van der Waals surface area contributed by atoms with E-state index in [0.717, 1.165) is 43.2 Å². The first-order chi connectivity index (χ1) is 19.6. The molecule has 1 saturated heterocycles. The van der Waals surface area contributed by atoms with Crippen LogP contribution in [0.5, 0.6) is 28.9 Å². The molecule has 4 aromatic rings. The summed E-state index contributed by atoms with van der Waals surface area (Å²) >= 11 is 0. The second-order valence-corrected chi connectivity index (χ2v) is 8.84. The van der Waals surface area contributed by atoms with E-state index in [2.05, 4.69) is 37.3 Å². The zero-order chi connectivity index (χ0) is 27.7. The third kappa shape index (κ3) is 6.78. The number of methoxy groups -OCH3 is 3. The van der Waals surface area contributed by atoms with E-state index in [1.54, 1.807) is 45.9 Å². The largest absolute Gasteiger partial charge is 0.497 e. The molecule has 206 valence electrons. The Bertz CT molecular complexity index is 1430. The average Bonchev–Trinajstić information content (AvgIpc) is 3.01. The number of hydrogen-bond donors (Lipinski definition) is 1. The number of anilines is 3. The van der Waals surface area contributed by atoms with Gasteiger partial charge in [0.25, 0.3) is 0 Å². The number of rotatable bonds is 10. The van der Waals surface area contributed by atoms with E-state index in [-0.39, 0.29) is 5.88 Å². The molecule has 40 heavy (non-hydrogen) atoms. The van der Waals surface area contributed by atoms with Gasteiger partial charge in [-0.3, -0.25) is 0 Å². The number of aliphatic imine (C=N–C) groups is 1. The van der Waals surface area contributed by atoms with Crippen LogP contribution in [0.2, 0.25) is 0 Å². The monoisotopic (exact) mass is 541 g/mol. The highest BCUT2D eigenvalue weighted by atomic mass is 16.5. The summed E-state index contributed by atoms with van der Waals surface area (Å²) in [7, 11) is 4.81. The van der Waals surface area contributed by atoms with Crippen LogP contribution in [0.3, 0.4) is 0 Å². The molecule has 0 radical (unpaired) electrons. The van der Waals surface area contributed by atoms with E-state index < -0.39 is 0 Å². The minimum Gasteiger partial charge on any atom is -0.497 e. The molecule has 0 amide bonds. The molecule has 0 spiro atoms. The summed E-state index contributed by atoms with van der Waals surface area (Å²) in [4.78, 5) is 16.0. The van der Waals surface area contributed by atoms with Crippen molar-refractivity contribution in [2.24, 2.45) is 4.99 Å². The standard InChI is InChI=1S/C30H31N5O5/c1-36-24-5-4-6-25(17-24)40-29-28(31-19-21-15-26(37-2)18-27(16-21)38-3)20-32-30(34-29)33-22-7-9-23(10-8-22)35-11-13-39-14-12-35/h4-10,15-20H,11-14H2,1-3H3,(H,32,33,34). The van der Waals surface area contributed by atoms with Gasteiger partial charge in [-0.25, -0.2) is 9.98 Å². The Kier molecular flexibility index (Phi) is 8.57. The summed E-state index contributed by atoms with van der Waals surface area (Å²) in [5.41, 5.74) is 3.23. The second-order valence-electron chi connectivity index (χ2n) is 8.84. The summed E-state index contributed by atoms with van der Waals surface area (Å²) in [5.74, 6) is 3.19. The fourth-order valence-corrected chi connectivity index (χ4v) is 4.11. The van der Waals surface area contributed by atoms with E-state index in [4.69, 9.17) is 23.7 Å². The van der Waals surface area contributed by atoms with Gasteiger partial charge in [-0.1, -0.05) is 6.07 Å². The fourth-order valence-electron chi connectivity index (χ4n) is 4.11. The number of morpholine rings is 1. The van der Waals surface area contributed by atoms with Crippen LogP contribution in [-0.2, 0) is 4.74 Å². The molecule has 1 N–H and O–H groups in total. The lowest BCUT2D eigenvalue weighted by Gasteiger charge is -2.28. The Balaban J connectivity index is 1.41. The van der Waals surface area contributed by atoms with Crippen molar-refractivity contribution in [1.82, 2.24) is 9.97 Å². The van der Waals surface area contributed by atoms with E-state index in [0.29, 0.717) is 34.6 Å². The summed E-state index contributed by atoms with van der Waals surface area (Å²) in [6.07, 6.45) is 3.29. The summed E-state index contributed by atoms with van der Waals surface area (Å²) in [5, 5.41) is 3.26. The van der Waals surface area contributed by atoms with Crippen molar-refractivity contribution >= 4 is 29.2 Å². The number of nitrogens with one attached hydrogen (secondary N) is 1. The zero-order valence-electron chi connectivity index (χ0n) is 22.7. The lowest BCUT2D eigenvalue weighted by atomic mass is 10.2. The van der Waals surface area contributed by atoms with Gasteiger partial charge < -0.3 is 33.9 Å². The second kappa shape index (κ2) is 12.8. The van der Waals surface area contributed by atoms with Crippen LogP contribution in [0, 0.1) is 0 Å². The molecule has 2 heterocycles. The van der Waals surface area contributed by atoms with Gasteiger partial charge in [0.2, 0.25) is 11.8 Å². The van der Waals surface area contributed by atoms with Crippen LogP contribution in [0.25, 0.3) is 0 Å².